The molecular weight excluding hydrogens is 208 g/mol. The highest BCUT2D eigenvalue weighted by molar-refractivity contribution is 5.44. The Bertz CT molecular complexity index is 400. The van der Waals surface area contributed by atoms with E-state index in [4.69, 9.17) is 0 Å². The van der Waals surface area contributed by atoms with Crippen molar-refractivity contribution in [1.29, 1.82) is 0 Å². The average molecular weight is 222 g/mol. The molecular formula is C11H14N2O3. The highest BCUT2D eigenvalue weighted by Gasteiger charge is 2.20. The van der Waals surface area contributed by atoms with Gasteiger partial charge in [0.15, 0.2) is 0 Å². The lowest BCUT2D eigenvalue weighted by atomic mass is 9.96. The van der Waals surface area contributed by atoms with Gasteiger partial charge < -0.3 is 10.4 Å². The van der Waals surface area contributed by atoms with E-state index in [-0.39, 0.29) is 17.5 Å². The molecule has 0 aliphatic carbocycles. The fraction of sp³-hybridized carbons (Fsp3) is 0.455. The molecule has 2 rings (SSSR count). The minimum atomic E-state index is -0.439. The number of hydrogen-bond donors (Lipinski definition) is 2. The summed E-state index contributed by atoms with van der Waals surface area (Å²) < 4.78 is 0. The Labute approximate surface area is 93.2 Å². The third kappa shape index (κ3) is 2.14. The largest absolute Gasteiger partial charge is 0.508 e. The third-order valence-corrected chi connectivity index (χ3v) is 2.91. The third-order valence-electron chi connectivity index (χ3n) is 2.91. The van der Waals surface area contributed by atoms with Crippen LogP contribution in [0.15, 0.2) is 18.2 Å². The number of phenols is 1. The molecule has 1 fully saturated rings. The van der Waals surface area contributed by atoms with Gasteiger partial charge in [-0.25, -0.2) is 0 Å². The first kappa shape index (κ1) is 10.9. The van der Waals surface area contributed by atoms with Crippen LogP contribution < -0.4 is 5.32 Å². The first-order chi connectivity index (χ1) is 7.68. The van der Waals surface area contributed by atoms with Crippen molar-refractivity contribution < 1.29 is 10.0 Å². The number of nitro benzene ring substituents is 1. The van der Waals surface area contributed by atoms with Crippen LogP contribution in [0.2, 0.25) is 0 Å². The first-order valence-electron chi connectivity index (χ1n) is 5.39. The Balaban J connectivity index is 2.30. The fourth-order valence-electron chi connectivity index (χ4n) is 2.05. The SMILES string of the molecule is O=[N+]([O-])c1ccc(O)c(C2CCCCN2)c1. The average Bonchev–Trinajstić information content (AvgIpc) is 2.30. The molecule has 5 nitrogen and oxygen atoms in total. The Morgan fingerprint density at radius 3 is 2.88 bits per heavy atom. The van der Waals surface area contributed by atoms with E-state index >= 15 is 0 Å². The van der Waals surface area contributed by atoms with Gasteiger partial charge in [0.1, 0.15) is 5.75 Å². The van der Waals surface area contributed by atoms with E-state index in [1.54, 1.807) is 0 Å². The maximum atomic E-state index is 10.7. The van der Waals surface area contributed by atoms with Gasteiger partial charge in [0.05, 0.1) is 4.92 Å². The maximum Gasteiger partial charge on any atom is 0.270 e. The molecule has 1 aliphatic heterocycles. The summed E-state index contributed by atoms with van der Waals surface area (Å²) in [5, 5.41) is 23.6. The monoisotopic (exact) mass is 222 g/mol. The molecule has 0 saturated carbocycles. The van der Waals surface area contributed by atoms with Crippen molar-refractivity contribution in [3.05, 3.63) is 33.9 Å². The quantitative estimate of drug-likeness (QED) is 0.593. The lowest BCUT2D eigenvalue weighted by molar-refractivity contribution is -0.385. The van der Waals surface area contributed by atoms with Gasteiger partial charge in [0.25, 0.3) is 5.69 Å². The van der Waals surface area contributed by atoms with E-state index in [1.807, 2.05) is 0 Å². The van der Waals surface area contributed by atoms with Crippen molar-refractivity contribution in [2.24, 2.45) is 0 Å². The predicted molar refractivity (Wildman–Crippen MR) is 59.4 cm³/mol. The highest BCUT2D eigenvalue weighted by atomic mass is 16.6. The molecule has 1 aliphatic rings. The van der Waals surface area contributed by atoms with Crippen LogP contribution in [0.4, 0.5) is 5.69 Å². The van der Waals surface area contributed by atoms with Crippen LogP contribution in [0.3, 0.4) is 0 Å². The van der Waals surface area contributed by atoms with Crippen LogP contribution in [-0.2, 0) is 0 Å². The zero-order chi connectivity index (χ0) is 11.5. The number of benzene rings is 1. The lowest BCUT2D eigenvalue weighted by Gasteiger charge is -2.24. The number of aromatic hydroxyl groups is 1. The minimum absolute atomic E-state index is 0.0279. The van der Waals surface area contributed by atoms with Crippen molar-refractivity contribution in [3.8, 4) is 5.75 Å². The molecule has 1 aromatic rings. The summed E-state index contributed by atoms with van der Waals surface area (Å²) in [6.45, 7) is 0.896. The van der Waals surface area contributed by atoms with Crippen LogP contribution >= 0.6 is 0 Å². The number of nitro groups is 1. The standard InChI is InChI=1S/C11H14N2O3/c14-11-5-4-8(13(15)16)7-9(11)10-3-1-2-6-12-10/h4-5,7,10,12,14H,1-3,6H2. The molecule has 0 spiro atoms. The number of hydrogen-bond acceptors (Lipinski definition) is 4. The molecule has 86 valence electrons. The van der Waals surface area contributed by atoms with E-state index in [1.165, 1.54) is 18.2 Å². The van der Waals surface area contributed by atoms with Gasteiger partial charge in [-0.15, -0.1) is 0 Å². The van der Waals surface area contributed by atoms with Crippen LogP contribution in [0, 0.1) is 10.1 Å². The van der Waals surface area contributed by atoms with E-state index in [9.17, 15) is 15.2 Å². The summed E-state index contributed by atoms with van der Waals surface area (Å²) in [5.74, 6) is 0.130. The second-order valence-corrected chi connectivity index (χ2v) is 4.00. The normalized spacial score (nSPS) is 20.6. The summed E-state index contributed by atoms with van der Waals surface area (Å²) in [5.41, 5.74) is 0.661. The van der Waals surface area contributed by atoms with Gasteiger partial charge in [0.2, 0.25) is 0 Å². The summed E-state index contributed by atoms with van der Waals surface area (Å²) in [6.07, 6.45) is 3.11. The van der Waals surface area contributed by atoms with E-state index in [2.05, 4.69) is 5.32 Å². The van der Waals surface area contributed by atoms with Gasteiger partial charge in [-0.1, -0.05) is 6.42 Å². The molecule has 2 N–H and O–H groups in total. The number of nitrogens with zero attached hydrogens (tertiary/aromatic N) is 1. The highest BCUT2D eigenvalue weighted by Crippen LogP contribution is 2.32. The van der Waals surface area contributed by atoms with Crippen LogP contribution in [0.1, 0.15) is 30.9 Å². The molecule has 0 amide bonds. The van der Waals surface area contributed by atoms with Gasteiger partial charge in [-0.2, -0.15) is 0 Å². The molecule has 16 heavy (non-hydrogen) atoms. The van der Waals surface area contributed by atoms with Gasteiger partial charge >= 0.3 is 0 Å². The zero-order valence-electron chi connectivity index (χ0n) is 8.85. The van der Waals surface area contributed by atoms with Crippen molar-refractivity contribution in [2.45, 2.75) is 25.3 Å². The molecule has 1 atom stereocenters. The van der Waals surface area contributed by atoms with Gasteiger partial charge in [-0.05, 0) is 25.5 Å². The Hall–Kier alpha value is -1.62. The summed E-state index contributed by atoms with van der Waals surface area (Å²) in [4.78, 5) is 10.2. The molecule has 0 aromatic heterocycles. The second-order valence-electron chi connectivity index (χ2n) is 4.00. The molecule has 1 unspecified atom stereocenters. The smallest absolute Gasteiger partial charge is 0.270 e. The van der Waals surface area contributed by atoms with E-state index < -0.39 is 4.92 Å². The molecule has 5 heteroatoms. The number of non-ortho nitro benzene ring substituents is 1. The molecule has 1 aromatic carbocycles. The predicted octanol–water partition coefficient (Wildman–Crippen LogP) is 2.11. The van der Waals surface area contributed by atoms with Crippen molar-refractivity contribution in [3.63, 3.8) is 0 Å². The number of rotatable bonds is 2. The van der Waals surface area contributed by atoms with E-state index in [0.29, 0.717) is 5.56 Å². The molecule has 1 heterocycles. The second kappa shape index (κ2) is 4.49. The zero-order valence-corrected chi connectivity index (χ0v) is 8.85. The summed E-state index contributed by atoms with van der Waals surface area (Å²) in [6, 6.07) is 4.21. The molecule has 0 radical (unpaired) electrons. The van der Waals surface area contributed by atoms with Crippen molar-refractivity contribution in [1.82, 2.24) is 5.32 Å². The first-order valence-corrected chi connectivity index (χ1v) is 5.39. The van der Waals surface area contributed by atoms with Crippen molar-refractivity contribution in [2.75, 3.05) is 6.54 Å². The molecule has 1 saturated heterocycles. The summed E-state index contributed by atoms with van der Waals surface area (Å²) >= 11 is 0. The fourth-order valence-corrected chi connectivity index (χ4v) is 2.05. The number of piperidine rings is 1. The van der Waals surface area contributed by atoms with Crippen LogP contribution in [-0.4, -0.2) is 16.6 Å². The lowest BCUT2D eigenvalue weighted by Crippen LogP contribution is -2.26. The Kier molecular flexibility index (Phi) is 3.05. The maximum absolute atomic E-state index is 10.7. The van der Waals surface area contributed by atoms with Gasteiger partial charge in [0, 0.05) is 23.7 Å². The van der Waals surface area contributed by atoms with Gasteiger partial charge in [-0.3, -0.25) is 10.1 Å². The number of nitrogens with one attached hydrogen (secondary N) is 1. The molecule has 0 bridgehead atoms. The number of phenolic OH excluding ortho intramolecular Hbond substituents is 1. The van der Waals surface area contributed by atoms with Crippen LogP contribution in [0.25, 0.3) is 0 Å². The summed E-state index contributed by atoms with van der Waals surface area (Å²) in [7, 11) is 0. The Morgan fingerprint density at radius 2 is 2.25 bits per heavy atom. The topological polar surface area (TPSA) is 75.4 Å². The Morgan fingerprint density at radius 1 is 1.44 bits per heavy atom. The van der Waals surface area contributed by atoms with Crippen LogP contribution in [0.5, 0.6) is 5.75 Å². The van der Waals surface area contributed by atoms with Crippen molar-refractivity contribution >= 4 is 5.69 Å². The minimum Gasteiger partial charge on any atom is -0.508 e. The van der Waals surface area contributed by atoms with E-state index in [0.717, 1.165) is 25.8 Å².